The van der Waals surface area contributed by atoms with Gasteiger partial charge in [0, 0.05) is 9.61 Å². The molecule has 1 aromatic carbocycles. The largest absolute Gasteiger partial charge is 0.465 e. The van der Waals surface area contributed by atoms with Crippen LogP contribution in [0.15, 0.2) is 18.2 Å². The Morgan fingerprint density at radius 2 is 2.38 bits per heavy atom. The Bertz CT molecular complexity index is 400. The maximum atomic E-state index is 11.7. The second-order valence-electron chi connectivity index (χ2n) is 3.87. The molecule has 1 heterocycles. The van der Waals surface area contributed by atoms with Gasteiger partial charge in [0.15, 0.2) is 0 Å². The topological polar surface area (TPSA) is 38.3 Å². The normalized spacial score (nSPS) is 19.8. The van der Waals surface area contributed by atoms with Crippen LogP contribution in [0.4, 0.5) is 0 Å². The molecule has 0 amide bonds. The minimum Gasteiger partial charge on any atom is -0.465 e. The lowest BCUT2D eigenvalue weighted by atomic mass is 9.99. The van der Waals surface area contributed by atoms with Gasteiger partial charge in [-0.15, -0.1) is 0 Å². The van der Waals surface area contributed by atoms with Crippen LogP contribution >= 0.6 is 22.6 Å². The van der Waals surface area contributed by atoms with Crippen LogP contribution in [0.2, 0.25) is 0 Å². The second-order valence-corrected chi connectivity index (χ2v) is 5.12. The van der Waals surface area contributed by atoms with Crippen LogP contribution in [-0.2, 0) is 4.74 Å². The van der Waals surface area contributed by atoms with Crippen LogP contribution < -0.4 is 5.32 Å². The summed E-state index contributed by atoms with van der Waals surface area (Å²) in [4.78, 5) is 11.7. The number of carbonyl (C=O) groups is 1. The Morgan fingerprint density at radius 1 is 1.56 bits per heavy atom. The van der Waals surface area contributed by atoms with E-state index in [2.05, 4.69) is 27.9 Å². The van der Waals surface area contributed by atoms with E-state index in [9.17, 15) is 4.79 Å². The van der Waals surface area contributed by atoms with Crippen LogP contribution in [0.25, 0.3) is 0 Å². The summed E-state index contributed by atoms with van der Waals surface area (Å²) in [5.74, 6) is -0.248. The molecular formula is C12H14INO2. The van der Waals surface area contributed by atoms with E-state index in [1.807, 2.05) is 18.2 Å². The van der Waals surface area contributed by atoms with Gasteiger partial charge in [0.2, 0.25) is 0 Å². The number of carbonyl (C=O) groups excluding carboxylic acids is 1. The van der Waals surface area contributed by atoms with Gasteiger partial charge >= 0.3 is 5.97 Å². The molecule has 4 heteroatoms. The fraction of sp³-hybridized carbons (Fsp3) is 0.417. The molecule has 0 bridgehead atoms. The van der Waals surface area contributed by atoms with Crippen LogP contribution in [0, 0.1) is 3.57 Å². The predicted octanol–water partition coefficient (Wildman–Crippen LogP) is 2.50. The van der Waals surface area contributed by atoms with Crippen molar-refractivity contribution in [3.05, 3.63) is 32.9 Å². The second kappa shape index (κ2) is 5.14. The minimum absolute atomic E-state index is 0.248. The van der Waals surface area contributed by atoms with E-state index in [1.54, 1.807) is 0 Å². The Balaban J connectivity index is 2.38. The lowest BCUT2D eigenvalue weighted by Crippen LogP contribution is -2.17. The highest BCUT2D eigenvalue weighted by Gasteiger charge is 2.22. The van der Waals surface area contributed by atoms with Gasteiger partial charge in [0.05, 0.1) is 12.7 Å². The number of hydrogen-bond donors (Lipinski definition) is 1. The third-order valence-corrected chi connectivity index (χ3v) is 3.53. The molecule has 0 aromatic heterocycles. The Morgan fingerprint density at radius 3 is 3.00 bits per heavy atom. The smallest absolute Gasteiger partial charge is 0.338 e. The van der Waals surface area contributed by atoms with E-state index < -0.39 is 0 Å². The zero-order chi connectivity index (χ0) is 11.5. The molecule has 1 saturated heterocycles. The quantitative estimate of drug-likeness (QED) is 0.668. The van der Waals surface area contributed by atoms with Gasteiger partial charge in [-0.1, -0.05) is 6.07 Å². The number of halogens is 1. The third-order valence-electron chi connectivity index (χ3n) is 2.86. The Hall–Kier alpha value is -0.620. The number of esters is 1. The highest BCUT2D eigenvalue weighted by Crippen LogP contribution is 2.27. The maximum absolute atomic E-state index is 11.7. The first-order valence-corrected chi connectivity index (χ1v) is 6.41. The summed E-state index contributed by atoms with van der Waals surface area (Å²) in [6.07, 6.45) is 2.25. The van der Waals surface area contributed by atoms with Crippen molar-refractivity contribution >= 4 is 28.6 Å². The lowest BCUT2D eigenvalue weighted by molar-refractivity contribution is 0.0598. The number of benzene rings is 1. The average molecular weight is 331 g/mol. The van der Waals surface area contributed by atoms with Crippen LogP contribution in [-0.4, -0.2) is 19.6 Å². The summed E-state index contributed by atoms with van der Waals surface area (Å²) >= 11 is 2.21. The van der Waals surface area contributed by atoms with Crippen molar-refractivity contribution in [1.82, 2.24) is 5.32 Å². The molecule has 3 nitrogen and oxygen atoms in total. The maximum Gasteiger partial charge on any atom is 0.338 e. The number of methoxy groups -OCH3 is 1. The molecule has 1 aliphatic rings. The lowest BCUT2D eigenvalue weighted by Gasteiger charge is -2.14. The third kappa shape index (κ3) is 2.38. The fourth-order valence-electron chi connectivity index (χ4n) is 2.07. The molecule has 86 valence electrons. The van der Waals surface area contributed by atoms with Crippen LogP contribution in [0.1, 0.15) is 34.8 Å². The first-order chi connectivity index (χ1) is 7.72. The van der Waals surface area contributed by atoms with E-state index in [0.29, 0.717) is 11.6 Å². The summed E-state index contributed by atoms with van der Waals surface area (Å²) < 4.78 is 5.88. The van der Waals surface area contributed by atoms with Gasteiger partial charge in [-0.25, -0.2) is 4.79 Å². The summed E-state index contributed by atoms with van der Waals surface area (Å²) in [6.45, 7) is 1.03. The van der Waals surface area contributed by atoms with Crippen molar-refractivity contribution in [2.45, 2.75) is 18.9 Å². The molecule has 1 aromatic rings. The molecule has 1 unspecified atom stereocenters. The monoisotopic (exact) mass is 331 g/mol. The molecule has 1 fully saturated rings. The number of nitrogens with one attached hydrogen (secondary N) is 1. The molecule has 0 radical (unpaired) electrons. The summed E-state index contributed by atoms with van der Waals surface area (Å²) in [5, 5.41) is 3.40. The zero-order valence-electron chi connectivity index (χ0n) is 9.13. The standard InChI is InChI=1S/C12H14INO2/c1-16-12(15)10-7-8(13)4-5-9(10)11-3-2-6-14-11/h4-5,7,11,14H,2-3,6H2,1H3. The summed E-state index contributed by atoms with van der Waals surface area (Å²) in [6, 6.07) is 6.24. The van der Waals surface area contributed by atoms with Crippen molar-refractivity contribution in [2.24, 2.45) is 0 Å². The molecule has 0 aliphatic carbocycles. The van der Waals surface area contributed by atoms with Crippen molar-refractivity contribution in [1.29, 1.82) is 0 Å². The summed E-state index contributed by atoms with van der Waals surface area (Å²) in [5.41, 5.74) is 1.75. The molecule has 1 aliphatic heterocycles. The number of ether oxygens (including phenoxy) is 1. The Labute approximate surface area is 109 Å². The van der Waals surface area contributed by atoms with Gasteiger partial charge in [-0.05, 0) is 59.7 Å². The minimum atomic E-state index is -0.248. The molecule has 2 rings (SSSR count). The van der Waals surface area contributed by atoms with Crippen molar-refractivity contribution < 1.29 is 9.53 Å². The predicted molar refractivity (Wildman–Crippen MR) is 70.5 cm³/mol. The van der Waals surface area contributed by atoms with E-state index >= 15 is 0 Å². The number of rotatable bonds is 2. The first kappa shape index (κ1) is 11.9. The molecule has 1 N–H and O–H groups in total. The SMILES string of the molecule is COC(=O)c1cc(I)ccc1C1CCCN1. The van der Waals surface area contributed by atoms with Gasteiger partial charge in [-0.2, -0.15) is 0 Å². The molecule has 0 spiro atoms. The summed E-state index contributed by atoms with van der Waals surface area (Å²) in [7, 11) is 1.42. The van der Waals surface area contributed by atoms with Gasteiger partial charge in [-0.3, -0.25) is 0 Å². The van der Waals surface area contributed by atoms with E-state index in [-0.39, 0.29) is 5.97 Å². The van der Waals surface area contributed by atoms with E-state index in [1.165, 1.54) is 7.11 Å². The average Bonchev–Trinajstić information content (AvgIpc) is 2.81. The van der Waals surface area contributed by atoms with Crippen LogP contribution in [0.5, 0.6) is 0 Å². The van der Waals surface area contributed by atoms with Crippen LogP contribution in [0.3, 0.4) is 0 Å². The molecule has 0 saturated carbocycles. The van der Waals surface area contributed by atoms with Crippen molar-refractivity contribution in [2.75, 3.05) is 13.7 Å². The number of hydrogen-bond acceptors (Lipinski definition) is 3. The molecule has 1 atom stereocenters. The van der Waals surface area contributed by atoms with Gasteiger partial charge in [0.25, 0.3) is 0 Å². The highest BCUT2D eigenvalue weighted by atomic mass is 127. The first-order valence-electron chi connectivity index (χ1n) is 5.33. The van der Waals surface area contributed by atoms with Crippen molar-refractivity contribution in [3.8, 4) is 0 Å². The van der Waals surface area contributed by atoms with E-state index in [4.69, 9.17) is 4.74 Å². The zero-order valence-corrected chi connectivity index (χ0v) is 11.3. The Kier molecular flexibility index (Phi) is 3.81. The highest BCUT2D eigenvalue weighted by molar-refractivity contribution is 14.1. The van der Waals surface area contributed by atoms with Gasteiger partial charge < -0.3 is 10.1 Å². The van der Waals surface area contributed by atoms with Crippen molar-refractivity contribution in [3.63, 3.8) is 0 Å². The van der Waals surface area contributed by atoms with Gasteiger partial charge in [0.1, 0.15) is 0 Å². The fourth-order valence-corrected chi connectivity index (χ4v) is 2.56. The molecular weight excluding hydrogens is 317 g/mol. The molecule has 16 heavy (non-hydrogen) atoms. The van der Waals surface area contributed by atoms with E-state index in [0.717, 1.165) is 28.5 Å².